The average Bonchev–Trinajstić information content (AvgIpc) is 2.38. The molecule has 0 bridgehead atoms. The van der Waals surface area contributed by atoms with Crippen molar-refractivity contribution in [2.75, 3.05) is 0 Å². The first-order valence-corrected chi connectivity index (χ1v) is 6.19. The number of primary sulfonamides is 1. The molecule has 0 radical (unpaired) electrons. The Kier molecular flexibility index (Phi) is 2.54. The van der Waals surface area contributed by atoms with E-state index in [1.807, 2.05) is 6.08 Å². The van der Waals surface area contributed by atoms with E-state index >= 15 is 0 Å². The lowest BCUT2D eigenvalue weighted by molar-refractivity contribution is 0.593. The molecule has 2 aliphatic rings. The summed E-state index contributed by atoms with van der Waals surface area (Å²) < 4.78 is 22.8. The van der Waals surface area contributed by atoms with Gasteiger partial charge in [-0.3, -0.25) is 0 Å². The van der Waals surface area contributed by atoms with E-state index in [0.717, 1.165) is 12.0 Å². The second kappa shape index (κ2) is 3.71. The number of hydrogen-bond donors (Lipinski definition) is 1. The van der Waals surface area contributed by atoms with Crippen LogP contribution in [-0.2, 0) is 10.0 Å². The quantitative estimate of drug-likeness (QED) is 0.727. The van der Waals surface area contributed by atoms with E-state index in [9.17, 15) is 8.42 Å². The lowest BCUT2D eigenvalue weighted by atomic mass is 9.99. The Morgan fingerprint density at radius 3 is 3.00 bits per heavy atom. The molecule has 0 aromatic heterocycles. The molecule has 5 nitrogen and oxygen atoms in total. The van der Waals surface area contributed by atoms with Crippen molar-refractivity contribution >= 4 is 10.0 Å². The highest BCUT2D eigenvalue weighted by atomic mass is 32.2. The molecule has 1 heterocycles. The van der Waals surface area contributed by atoms with Gasteiger partial charge in [0.25, 0.3) is 0 Å². The topological polar surface area (TPSA) is 84.9 Å². The first-order chi connectivity index (χ1) is 7.09. The van der Waals surface area contributed by atoms with Gasteiger partial charge < -0.3 is 0 Å². The molecule has 0 saturated heterocycles. The predicted octanol–water partition coefficient (Wildman–Crippen LogP) is 1.23. The van der Waals surface area contributed by atoms with Crippen LogP contribution in [0.4, 0.5) is 0 Å². The molecule has 1 atom stereocenters. The minimum Gasteiger partial charge on any atom is -0.228 e. The summed E-state index contributed by atoms with van der Waals surface area (Å²) in [5.41, 5.74) is 1.35. The Morgan fingerprint density at radius 2 is 2.27 bits per heavy atom. The van der Waals surface area contributed by atoms with Crippen molar-refractivity contribution in [3.05, 3.63) is 35.7 Å². The molecule has 6 heteroatoms. The van der Waals surface area contributed by atoms with Gasteiger partial charge in [0.15, 0.2) is 0 Å². The summed E-state index contributed by atoms with van der Waals surface area (Å²) >= 11 is 0. The maximum Gasteiger partial charge on any atom is 0.219 e. The SMILES string of the molecule is NS(=O)(=O)C1C=CN=NC2=C1CCC=C2. The molecule has 0 saturated carbocycles. The van der Waals surface area contributed by atoms with Crippen molar-refractivity contribution in [1.82, 2.24) is 0 Å². The number of azo groups is 1. The van der Waals surface area contributed by atoms with Crippen LogP contribution in [-0.4, -0.2) is 13.7 Å². The third-order valence-corrected chi connectivity index (χ3v) is 3.52. The second-order valence-corrected chi connectivity index (χ2v) is 5.10. The minimum absolute atomic E-state index is 0.616. The fourth-order valence-electron chi connectivity index (χ4n) is 1.69. The highest BCUT2D eigenvalue weighted by Gasteiger charge is 2.27. The summed E-state index contributed by atoms with van der Waals surface area (Å²) in [4.78, 5) is 0. The van der Waals surface area contributed by atoms with Crippen molar-refractivity contribution in [2.24, 2.45) is 15.4 Å². The van der Waals surface area contributed by atoms with E-state index in [4.69, 9.17) is 5.14 Å². The van der Waals surface area contributed by atoms with E-state index in [1.54, 1.807) is 6.08 Å². The number of nitrogens with two attached hydrogens (primary N) is 1. The second-order valence-electron chi connectivity index (χ2n) is 3.42. The highest BCUT2D eigenvalue weighted by molar-refractivity contribution is 7.90. The third-order valence-electron chi connectivity index (χ3n) is 2.38. The molecule has 15 heavy (non-hydrogen) atoms. The predicted molar refractivity (Wildman–Crippen MR) is 56.3 cm³/mol. The lowest BCUT2D eigenvalue weighted by Crippen LogP contribution is -2.29. The smallest absolute Gasteiger partial charge is 0.219 e. The largest absolute Gasteiger partial charge is 0.228 e. The number of rotatable bonds is 1. The van der Waals surface area contributed by atoms with E-state index < -0.39 is 15.3 Å². The van der Waals surface area contributed by atoms with Crippen molar-refractivity contribution in [3.8, 4) is 0 Å². The summed E-state index contributed by atoms with van der Waals surface area (Å²) in [7, 11) is -3.62. The molecule has 1 unspecified atom stereocenters. The van der Waals surface area contributed by atoms with Crippen molar-refractivity contribution in [3.63, 3.8) is 0 Å². The zero-order valence-electron chi connectivity index (χ0n) is 8.00. The summed E-state index contributed by atoms with van der Waals surface area (Å²) in [6.07, 6.45) is 8.06. The van der Waals surface area contributed by atoms with Crippen LogP contribution >= 0.6 is 0 Å². The number of sulfonamides is 1. The molecular formula is C9H11N3O2S. The van der Waals surface area contributed by atoms with E-state index in [2.05, 4.69) is 10.2 Å². The molecule has 2 N–H and O–H groups in total. The first kappa shape index (κ1) is 10.3. The van der Waals surface area contributed by atoms with Gasteiger partial charge in [0.05, 0.1) is 5.70 Å². The van der Waals surface area contributed by atoms with E-state index in [0.29, 0.717) is 12.1 Å². The van der Waals surface area contributed by atoms with Crippen LogP contribution in [0.5, 0.6) is 0 Å². The molecular weight excluding hydrogens is 214 g/mol. The molecule has 1 aliphatic carbocycles. The Labute approximate surface area is 88.1 Å². The van der Waals surface area contributed by atoms with Gasteiger partial charge in [-0.05, 0) is 30.6 Å². The monoisotopic (exact) mass is 225 g/mol. The molecule has 80 valence electrons. The van der Waals surface area contributed by atoms with E-state index in [1.165, 1.54) is 12.3 Å². The number of nitrogens with zero attached hydrogens (tertiary/aromatic N) is 2. The molecule has 0 aromatic rings. The molecule has 0 aromatic carbocycles. The fraction of sp³-hybridized carbons (Fsp3) is 0.333. The molecule has 0 spiro atoms. The first-order valence-electron chi connectivity index (χ1n) is 4.58. The maximum atomic E-state index is 11.4. The average molecular weight is 225 g/mol. The zero-order valence-corrected chi connectivity index (χ0v) is 8.81. The zero-order chi connectivity index (χ0) is 10.9. The summed E-state index contributed by atoms with van der Waals surface area (Å²) in [6, 6.07) is 0. The van der Waals surface area contributed by atoms with Crippen LogP contribution in [0.2, 0.25) is 0 Å². The summed E-state index contributed by atoms with van der Waals surface area (Å²) in [5.74, 6) is 0. The molecule has 2 rings (SSSR count). The lowest BCUT2D eigenvalue weighted by Gasteiger charge is -2.17. The number of allylic oxidation sites excluding steroid dienone is 2. The Bertz CT molecular complexity index is 485. The van der Waals surface area contributed by atoms with Gasteiger partial charge >= 0.3 is 0 Å². The Morgan fingerprint density at radius 1 is 1.47 bits per heavy atom. The molecule has 0 amide bonds. The van der Waals surface area contributed by atoms with Gasteiger partial charge in [0.2, 0.25) is 10.0 Å². The van der Waals surface area contributed by atoms with E-state index in [-0.39, 0.29) is 0 Å². The van der Waals surface area contributed by atoms with Gasteiger partial charge in [0, 0.05) is 6.20 Å². The van der Waals surface area contributed by atoms with Gasteiger partial charge in [0.1, 0.15) is 5.25 Å². The van der Waals surface area contributed by atoms with Crippen LogP contribution in [0.1, 0.15) is 12.8 Å². The van der Waals surface area contributed by atoms with Gasteiger partial charge in [-0.15, -0.1) is 0 Å². The summed E-state index contributed by atoms with van der Waals surface area (Å²) in [5, 5.41) is 12.0. The van der Waals surface area contributed by atoms with Crippen molar-refractivity contribution in [1.29, 1.82) is 0 Å². The van der Waals surface area contributed by atoms with Crippen LogP contribution < -0.4 is 5.14 Å². The standard InChI is InChI=1S/C9H11N3O2S/c10-15(13,14)9-5-6-11-12-8-4-2-1-3-7(8)9/h2,4-6,9H,1,3H2,(H2,10,13,14). The Balaban J connectivity index is 2.52. The van der Waals surface area contributed by atoms with Crippen molar-refractivity contribution in [2.45, 2.75) is 18.1 Å². The van der Waals surface area contributed by atoms with Crippen LogP contribution in [0.25, 0.3) is 0 Å². The number of hydrogen-bond acceptors (Lipinski definition) is 4. The Hall–Kier alpha value is -1.27. The van der Waals surface area contributed by atoms with Gasteiger partial charge in [-0.1, -0.05) is 6.08 Å². The van der Waals surface area contributed by atoms with Gasteiger partial charge in [-0.2, -0.15) is 10.2 Å². The molecule has 1 aliphatic heterocycles. The van der Waals surface area contributed by atoms with Crippen LogP contribution in [0.15, 0.2) is 45.9 Å². The van der Waals surface area contributed by atoms with Crippen LogP contribution in [0, 0.1) is 0 Å². The summed E-state index contributed by atoms with van der Waals surface area (Å²) in [6.45, 7) is 0. The molecule has 0 fully saturated rings. The third kappa shape index (κ3) is 2.05. The minimum atomic E-state index is -3.62. The highest BCUT2D eigenvalue weighted by Crippen LogP contribution is 2.28. The fourth-order valence-corrected chi connectivity index (χ4v) is 2.62. The normalized spacial score (nSPS) is 25.3. The van der Waals surface area contributed by atoms with Crippen molar-refractivity contribution < 1.29 is 8.42 Å². The maximum absolute atomic E-state index is 11.4. The van der Waals surface area contributed by atoms with Crippen LogP contribution in [0.3, 0.4) is 0 Å². The van der Waals surface area contributed by atoms with Gasteiger partial charge in [-0.25, -0.2) is 13.6 Å².